The van der Waals surface area contributed by atoms with Gasteiger partial charge in [0.2, 0.25) is 0 Å². The molecule has 1 unspecified atom stereocenters. The van der Waals surface area contributed by atoms with Crippen molar-refractivity contribution in [3.63, 3.8) is 0 Å². The second-order valence-electron chi connectivity index (χ2n) is 13.8. The quantitative estimate of drug-likeness (QED) is 0.118. The van der Waals surface area contributed by atoms with E-state index in [4.69, 9.17) is 14.2 Å². The van der Waals surface area contributed by atoms with Crippen LogP contribution in [0.25, 0.3) is 5.57 Å². The topological polar surface area (TPSA) is 68.2 Å². The highest BCUT2D eigenvalue weighted by Crippen LogP contribution is 2.44. The average Bonchev–Trinajstić information content (AvgIpc) is 3.43. The molecular weight excluding hydrogens is 622 g/mol. The summed E-state index contributed by atoms with van der Waals surface area (Å²) in [6.07, 6.45) is 19.6. The zero-order valence-electron chi connectivity index (χ0n) is 30.0. The third-order valence-corrected chi connectivity index (χ3v) is 10.2. The van der Waals surface area contributed by atoms with Crippen molar-refractivity contribution in [1.29, 1.82) is 0 Å². The van der Waals surface area contributed by atoms with Crippen LogP contribution in [0.3, 0.4) is 0 Å². The Morgan fingerprint density at radius 3 is 1.96 bits per heavy atom. The summed E-state index contributed by atoms with van der Waals surface area (Å²) < 4.78 is 17.5. The second kappa shape index (κ2) is 22.2. The number of rotatable bonds is 23. The molecule has 1 N–H and O–H groups in total. The number of halogens is 1. The number of hydrogen-bond donors (Lipinski definition) is 1. The lowest BCUT2D eigenvalue weighted by atomic mass is 9.87. The van der Waals surface area contributed by atoms with Crippen LogP contribution in [0.15, 0.2) is 48.0 Å². The Balaban J connectivity index is 0.00000625. The molecule has 0 aromatic heterocycles. The van der Waals surface area contributed by atoms with Gasteiger partial charge in [0.1, 0.15) is 0 Å². The molecule has 6 nitrogen and oxygen atoms in total. The lowest BCUT2D eigenvalue weighted by molar-refractivity contribution is -0.146. The summed E-state index contributed by atoms with van der Waals surface area (Å²) in [5.74, 6) is 0.925. The molecule has 1 aliphatic carbocycles. The molecule has 0 saturated carbocycles. The summed E-state index contributed by atoms with van der Waals surface area (Å²) in [5.41, 5.74) is 5.45. The molecule has 2 aliphatic rings. The van der Waals surface area contributed by atoms with Crippen LogP contribution in [0, 0.1) is 5.92 Å². The van der Waals surface area contributed by atoms with Crippen molar-refractivity contribution >= 4 is 23.9 Å². The number of benzene rings is 2. The van der Waals surface area contributed by atoms with Crippen molar-refractivity contribution in [3.8, 4) is 11.5 Å². The second-order valence-corrected chi connectivity index (χ2v) is 13.8. The van der Waals surface area contributed by atoms with Crippen LogP contribution in [-0.4, -0.2) is 56.0 Å². The number of hydrogen-bond acceptors (Lipinski definition) is 5. The average molecular weight is 684 g/mol. The van der Waals surface area contributed by atoms with E-state index in [-0.39, 0.29) is 12.4 Å². The standard InChI is InChI=1S/C41H61NO5.ClH/c1-4-5-6-7-8-9-10-11-12-13-14-15-19-26-47-40(41(43)44)39-35(28-34-29-37(45-2)38(46-3)30-36(34)39)27-32-22-24-42(25-23-32)31-33-20-17-16-18-21-33;/h16-18,20-21,29-30,32,40H,4-15,19,22-28,31H2,1-3H3,(H,43,44);1H. The van der Waals surface area contributed by atoms with Gasteiger partial charge in [-0.05, 0) is 85.5 Å². The van der Waals surface area contributed by atoms with Crippen molar-refractivity contribution < 1.29 is 24.1 Å². The predicted octanol–water partition coefficient (Wildman–Crippen LogP) is 10.3. The summed E-state index contributed by atoms with van der Waals surface area (Å²) in [6, 6.07) is 14.7. The van der Waals surface area contributed by atoms with Gasteiger partial charge in [-0.2, -0.15) is 0 Å². The highest BCUT2D eigenvalue weighted by atomic mass is 35.5. The monoisotopic (exact) mass is 683 g/mol. The molecule has 0 radical (unpaired) electrons. The van der Waals surface area contributed by atoms with Crippen LogP contribution in [0.2, 0.25) is 0 Å². The number of fused-ring (bicyclic) bond motifs is 1. The molecular formula is C41H62ClNO5. The highest BCUT2D eigenvalue weighted by molar-refractivity contribution is 5.94. The van der Waals surface area contributed by atoms with E-state index in [1.165, 1.54) is 81.8 Å². The molecule has 0 bridgehead atoms. The Morgan fingerprint density at radius 2 is 1.40 bits per heavy atom. The number of methoxy groups -OCH3 is 2. The first kappa shape index (κ1) is 39.9. The zero-order valence-corrected chi connectivity index (χ0v) is 30.8. The minimum Gasteiger partial charge on any atom is -0.493 e. The largest absolute Gasteiger partial charge is 0.493 e. The van der Waals surface area contributed by atoms with E-state index in [2.05, 4.69) is 42.2 Å². The molecule has 0 amide bonds. The van der Waals surface area contributed by atoms with Crippen LogP contribution >= 0.6 is 12.4 Å². The number of likely N-dealkylation sites (tertiary alicyclic amines) is 1. The van der Waals surface area contributed by atoms with Crippen molar-refractivity contribution in [1.82, 2.24) is 4.90 Å². The van der Waals surface area contributed by atoms with E-state index < -0.39 is 12.1 Å². The van der Waals surface area contributed by atoms with Gasteiger partial charge in [-0.15, -0.1) is 12.4 Å². The number of carbonyl (C=O) groups is 1. The Bertz CT molecular complexity index is 1240. The normalized spacial score (nSPS) is 15.6. The predicted molar refractivity (Wildman–Crippen MR) is 200 cm³/mol. The number of unbranched alkanes of at least 4 members (excludes halogenated alkanes) is 12. The van der Waals surface area contributed by atoms with E-state index in [0.717, 1.165) is 74.9 Å². The van der Waals surface area contributed by atoms with Gasteiger partial charge < -0.3 is 19.3 Å². The Kier molecular flexibility index (Phi) is 18.5. The number of nitrogens with zero attached hydrogens (tertiary/aromatic N) is 1. The Hall–Kier alpha value is -2.54. The molecule has 1 heterocycles. The molecule has 7 heteroatoms. The van der Waals surface area contributed by atoms with Crippen LogP contribution < -0.4 is 9.47 Å². The molecule has 4 rings (SSSR count). The van der Waals surface area contributed by atoms with Gasteiger partial charge in [0.05, 0.1) is 14.2 Å². The molecule has 2 aromatic carbocycles. The van der Waals surface area contributed by atoms with Gasteiger partial charge in [-0.25, -0.2) is 4.79 Å². The van der Waals surface area contributed by atoms with E-state index >= 15 is 0 Å². The third-order valence-electron chi connectivity index (χ3n) is 10.2. The van der Waals surface area contributed by atoms with E-state index in [9.17, 15) is 9.90 Å². The summed E-state index contributed by atoms with van der Waals surface area (Å²) in [6.45, 7) is 5.85. The SMILES string of the molecule is CCCCCCCCCCCCCCCOC(C(=O)O)C1=C(CC2CCN(Cc3ccccc3)CC2)Cc2cc(OC)c(OC)cc21.Cl. The first-order valence-corrected chi connectivity index (χ1v) is 18.6. The maximum Gasteiger partial charge on any atom is 0.337 e. The van der Waals surface area contributed by atoms with Crippen molar-refractivity contribution in [2.45, 2.75) is 129 Å². The van der Waals surface area contributed by atoms with E-state index in [0.29, 0.717) is 24.0 Å². The minimum absolute atomic E-state index is 0. The number of ether oxygens (including phenoxy) is 3. The van der Waals surface area contributed by atoms with Crippen molar-refractivity contribution in [2.75, 3.05) is 33.9 Å². The lowest BCUT2D eigenvalue weighted by Gasteiger charge is -2.32. The van der Waals surface area contributed by atoms with E-state index in [1.807, 2.05) is 12.1 Å². The van der Waals surface area contributed by atoms with E-state index in [1.54, 1.807) is 14.2 Å². The molecule has 48 heavy (non-hydrogen) atoms. The summed E-state index contributed by atoms with van der Waals surface area (Å²) in [5, 5.41) is 10.5. The maximum atomic E-state index is 12.8. The first-order valence-electron chi connectivity index (χ1n) is 18.6. The molecule has 0 spiro atoms. The van der Waals surface area contributed by atoms with Crippen LogP contribution in [-0.2, 0) is 22.5 Å². The van der Waals surface area contributed by atoms with Gasteiger partial charge in [-0.3, -0.25) is 4.90 Å². The Morgan fingerprint density at radius 1 is 0.833 bits per heavy atom. The van der Waals surface area contributed by atoms with Gasteiger partial charge in [0.25, 0.3) is 0 Å². The van der Waals surface area contributed by atoms with Gasteiger partial charge >= 0.3 is 5.97 Å². The number of piperidine rings is 1. The Labute approximate surface area is 297 Å². The van der Waals surface area contributed by atoms with Crippen molar-refractivity contribution in [2.24, 2.45) is 5.92 Å². The molecule has 1 saturated heterocycles. The molecule has 1 atom stereocenters. The van der Waals surface area contributed by atoms with Gasteiger partial charge in [0.15, 0.2) is 17.6 Å². The molecule has 2 aromatic rings. The van der Waals surface area contributed by atoms with Crippen LogP contribution in [0.5, 0.6) is 11.5 Å². The maximum absolute atomic E-state index is 12.8. The van der Waals surface area contributed by atoms with Crippen molar-refractivity contribution in [3.05, 3.63) is 64.7 Å². The zero-order chi connectivity index (χ0) is 33.3. The van der Waals surface area contributed by atoms with Gasteiger partial charge in [0, 0.05) is 13.2 Å². The van der Waals surface area contributed by atoms with Crippen LogP contribution in [0.1, 0.15) is 126 Å². The highest BCUT2D eigenvalue weighted by Gasteiger charge is 2.35. The minimum atomic E-state index is -0.972. The third kappa shape index (κ3) is 12.4. The number of carboxylic acids is 1. The van der Waals surface area contributed by atoms with Crippen LogP contribution in [0.4, 0.5) is 0 Å². The number of allylic oxidation sites excluding steroid dienone is 1. The fourth-order valence-corrected chi connectivity index (χ4v) is 7.48. The molecule has 1 fully saturated rings. The number of carboxylic acid groups (broad SMARTS) is 1. The smallest absolute Gasteiger partial charge is 0.337 e. The fraction of sp³-hybridized carbons (Fsp3) is 0.634. The van der Waals surface area contributed by atoms with Gasteiger partial charge in [-0.1, -0.05) is 120 Å². The fourth-order valence-electron chi connectivity index (χ4n) is 7.48. The lowest BCUT2D eigenvalue weighted by Crippen LogP contribution is -2.33. The summed E-state index contributed by atoms with van der Waals surface area (Å²) in [7, 11) is 3.28. The first-order chi connectivity index (χ1) is 23.0. The molecule has 268 valence electrons. The summed E-state index contributed by atoms with van der Waals surface area (Å²) in [4.78, 5) is 15.3. The summed E-state index contributed by atoms with van der Waals surface area (Å²) >= 11 is 0. The molecule has 1 aliphatic heterocycles. The number of aliphatic carboxylic acids is 1.